The Labute approximate surface area is 221 Å². The average molecular weight is 576 g/mol. The van der Waals surface area contributed by atoms with Gasteiger partial charge in [0.15, 0.2) is 5.15 Å². The molecule has 2 aromatic rings. The van der Waals surface area contributed by atoms with E-state index in [0.29, 0.717) is 19.4 Å². The Morgan fingerprint density at radius 3 is 2.54 bits per heavy atom. The first kappa shape index (κ1) is 27.5. The number of nitrogens with zero attached hydrogens (tertiary/aromatic N) is 3. The van der Waals surface area contributed by atoms with Gasteiger partial charge in [0.05, 0.1) is 17.5 Å². The third-order valence-corrected chi connectivity index (χ3v) is 9.68. The van der Waals surface area contributed by atoms with Gasteiger partial charge >= 0.3 is 6.09 Å². The first-order valence-electron chi connectivity index (χ1n) is 11.7. The minimum Gasteiger partial charge on any atom is -0.485 e. The Hall–Kier alpha value is -2.55. The molecule has 15 heteroatoms. The van der Waals surface area contributed by atoms with E-state index in [2.05, 4.69) is 15.1 Å². The third-order valence-electron chi connectivity index (χ3n) is 5.59. The zero-order valence-electron chi connectivity index (χ0n) is 20.9. The van der Waals surface area contributed by atoms with E-state index in [9.17, 15) is 21.6 Å². The fourth-order valence-corrected chi connectivity index (χ4v) is 7.04. The highest BCUT2D eigenvalue weighted by Gasteiger charge is 2.39. The van der Waals surface area contributed by atoms with Crippen molar-refractivity contribution in [3.63, 3.8) is 0 Å². The third kappa shape index (κ3) is 6.30. The minimum absolute atomic E-state index is 0.121. The Kier molecular flexibility index (Phi) is 7.40. The van der Waals surface area contributed by atoms with Crippen LogP contribution in [-0.2, 0) is 31.3 Å². The predicted molar refractivity (Wildman–Crippen MR) is 138 cm³/mol. The minimum atomic E-state index is -4.24. The van der Waals surface area contributed by atoms with Crippen molar-refractivity contribution in [2.75, 3.05) is 22.7 Å². The number of carbonyl (C=O) groups is 1. The van der Waals surface area contributed by atoms with Crippen LogP contribution in [0, 0.1) is 0 Å². The van der Waals surface area contributed by atoms with Gasteiger partial charge in [0, 0.05) is 25.0 Å². The molecule has 12 nitrogen and oxygen atoms in total. The molecule has 1 aliphatic carbocycles. The molecule has 2 N–H and O–H groups in total. The highest BCUT2D eigenvalue weighted by molar-refractivity contribution is 7.93. The van der Waals surface area contributed by atoms with Gasteiger partial charge in [-0.05, 0) is 58.7 Å². The zero-order valence-corrected chi connectivity index (χ0v) is 23.3. The summed E-state index contributed by atoms with van der Waals surface area (Å²) in [6.45, 7) is 7.04. The number of aromatic nitrogens is 2. The van der Waals surface area contributed by atoms with E-state index in [1.807, 2.05) is 0 Å². The summed E-state index contributed by atoms with van der Waals surface area (Å²) in [5, 5.41) is 6.00. The van der Waals surface area contributed by atoms with Crippen LogP contribution < -0.4 is 19.1 Å². The first-order chi connectivity index (χ1) is 17.2. The molecule has 37 heavy (non-hydrogen) atoms. The smallest absolute Gasteiger partial charge is 0.412 e. The summed E-state index contributed by atoms with van der Waals surface area (Å²) >= 11 is 6.18. The summed E-state index contributed by atoms with van der Waals surface area (Å²) < 4.78 is 68.4. The zero-order chi connectivity index (χ0) is 27.2. The van der Waals surface area contributed by atoms with E-state index >= 15 is 0 Å². The molecule has 0 radical (unpaired) electrons. The lowest BCUT2D eigenvalue weighted by atomic mass is 10.2. The van der Waals surface area contributed by atoms with E-state index in [0.717, 1.165) is 4.31 Å². The van der Waals surface area contributed by atoms with Crippen LogP contribution in [0.4, 0.5) is 16.2 Å². The maximum absolute atomic E-state index is 13.8. The van der Waals surface area contributed by atoms with Crippen LogP contribution in [-0.4, -0.2) is 62.8 Å². The molecule has 1 saturated carbocycles. The van der Waals surface area contributed by atoms with Crippen molar-refractivity contribution in [2.24, 2.45) is 0 Å². The lowest BCUT2D eigenvalue weighted by Crippen LogP contribution is -2.48. The number of hydrogen-bond donors (Lipinski definition) is 2. The second-order valence-electron chi connectivity index (χ2n) is 9.82. The Balaban J connectivity index is 1.67. The number of rotatable bonds is 8. The number of carbonyl (C=O) groups excluding carboxylic acids is 1. The Morgan fingerprint density at radius 2 is 1.95 bits per heavy atom. The molecule has 1 amide bonds. The van der Waals surface area contributed by atoms with Gasteiger partial charge in [0.1, 0.15) is 22.4 Å². The number of fused-ring (bicyclic) bond motifs is 1. The fraction of sp³-hybridized carbons (Fsp3) is 0.545. The van der Waals surface area contributed by atoms with Crippen molar-refractivity contribution in [3.05, 3.63) is 29.5 Å². The summed E-state index contributed by atoms with van der Waals surface area (Å²) in [6, 6.07) is 4.48. The SMILES string of the molecule is CCn1cc(S(=O)(=O)N2CC(CNS(=O)(=O)C3CC3)Oc3ccc(NC(=O)OC(C)(C)C)cc32)c(Cl)n1. The molecule has 0 bridgehead atoms. The highest BCUT2D eigenvalue weighted by Crippen LogP contribution is 2.40. The number of halogens is 1. The van der Waals surface area contributed by atoms with Crippen LogP contribution in [0.5, 0.6) is 5.75 Å². The number of amides is 1. The Morgan fingerprint density at radius 1 is 1.24 bits per heavy atom. The molecule has 1 unspecified atom stereocenters. The van der Waals surface area contributed by atoms with Crippen LogP contribution in [0.2, 0.25) is 5.15 Å². The van der Waals surface area contributed by atoms with Gasteiger partial charge in [0.2, 0.25) is 10.0 Å². The second-order valence-corrected chi connectivity index (χ2v) is 14.1. The number of sulfonamides is 2. The monoisotopic (exact) mass is 575 g/mol. The molecule has 1 aliphatic heterocycles. The van der Waals surface area contributed by atoms with E-state index in [1.165, 1.54) is 29.1 Å². The summed E-state index contributed by atoms with van der Waals surface area (Å²) in [5.41, 5.74) is -0.302. The van der Waals surface area contributed by atoms with E-state index in [1.54, 1.807) is 27.7 Å². The highest BCUT2D eigenvalue weighted by atomic mass is 35.5. The van der Waals surface area contributed by atoms with Gasteiger partial charge in [-0.2, -0.15) is 5.10 Å². The summed E-state index contributed by atoms with van der Waals surface area (Å²) in [7, 11) is -7.75. The maximum atomic E-state index is 13.8. The predicted octanol–water partition coefficient (Wildman–Crippen LogP) is 2.94. The molecule has 1 fully saturated rings. The van der Waals surface area contributed by atoms with Crippen LogP contribution in [0.1, 0.15) is 40.5 Å². The van der Waals surface area contributed by atoms with Crippen LogP contribution in [0.15, 0.2) is 29.3 Å². The van der Waals surface area contributed by atoms with Crippen molar-refractivity contribution >= 4 is 49.1 Å². The lowest BCUT2D eigenvalue weighted by molar-refractivity contribution is 0.0636. The van der Waals surface area contributed by atoms with Crippen LogP contribution in [0.25, 0.3) is 0 Å². The molecule has 0 saturated heterocycles. The molecule has 4 rings (SSSR count). The van der Waals surface area contributed by atoms with Crippen molar-refractivity contribution in [1.29, 1.82) is 0 Å². The van der Waals surface area contributed by atoms with Crippen molar-refractivity contribution in [1.82, 2.24) is 14.5 Å². The van der Waals surface area contributed by atoms with Gasteiger partial charge in [-0.3, -0.25) is 14.3 Å². The summed E-state index contributed by atoms with van der Waals surface area (Å²) in [4.78, 5) is 12.1. The van der Waals surface area contributed by atoms with E-state index < -0.39 is 43.1 Å². The lowest BCUT2D eigenvalue weighted by Gasteiger charge is -2.35. The largest absolute Gasteiger partial charge is 0.485 e. The van der Waals surface area contributed by atoms with Crippen LogP contribution >= 0.6 is 11.6 Å². The number of benzene rings is 1. The van der Waals surface area contributed by atoms with Gasteiger partial charge in [0.25, 0.3) is 10.0 Å². The second kappa shape index (κ2) is 9.97. The normalized spacial score (nSPS) is 18.2. The quantitative estimate of drug-likeness (QED) is 0.488. The number of nitrogens with one attached hydrogen (secondary N) is 2. The molecule has 204 valence electrons. The first-order valence-corrected chi connectivity index (χ1v) is 15.1. The molecule has 1 aromatic carbocycles. The molecule has 1 aromatic heterocycles. The van der Waals surface area contributed by atoms with Crippen molar-refractivity contribution in [3.8, 4) is 5.75 Å². The number of hydrogen-bond acceptors (Lipinski definition) is 8. The van der Waals surface area contributed by atoms with Gasteiger partial charge in [-0.15, -0.1) is 0 Å². The summed E-state index contributed by atoms with van der Waals surface area (Å²) in [5.74, 6) is 0.194. The molecule has 0 spiro atoms. The van der Waals surface area contributed by atoms with Crippen molar-refractivity contribution < 1.29 is 31.1 Å². The fourth-order valence-electron chi connectivity index (χ4n) is 3.68. The van der Waals surface area contributed by atoms with Crippen molar-refractivity contribution in [2.45, 2.75) is 68.9 Å². The standard InChI is InChI=1S/C22H30ClN5O7S2/c1-5-27-13-19(20(23)26-27)37(32,33)28-12-15(11-24-36(30,31)16-7-8-16)34-18-9-6-14(10-17(18)28)25-21(29)35-22(2,3)4/h6,9-10,13,15-16,24H,5,7-8,11-12H2,1-4H3,(H,25,29). The van der Waals surface area contributed by atoms with Gasteiger partial charge < -0.3 is 9.47 Å². The molecule has 1 atom stereocenters. The summed E-state index contributed by atoms with van der Waals surface area (Å²) in [6.07, 6.45) is 0.994. The van der Waals surface area contributed by atoms with E-state index in [4.69, 9.17) is 21.1 Å². The maximum Gasteiger partial charge on any atom is 0.412 e. The number of ether oxygens (including phenoxy) is 2. The van der Waals surface area contributed by atoms with Gasteiger partial charge in [-0.25, -0.2) is 26.4 Å². The topological polar surface area (TPSA) is 149 Å². The van der Waals surface area contributed by atoms with Crippen LogP contribution in [0.3, 0.4) is 0 Å². The average Bonchev–Trinajstić information content (AvgIpc) is 3.58. The molecular formula is C22H30ClN5O7S2. The Bertz CT molecular complexity index is 1400. The molecular weight excluding hydrogens is 546 g/mol. The van der Waals surface area contributed by atoms with Gasteiger partial charge in [-0.1, -0.05) is 11.6 Å². The van der Waals surface area contributed by atoms with E-state index in [-0.39, 0.29) is 40.3 Å². The number of anilines is 2. The molecule has 2 aliphatic rings. The number of aryl methyl sites for hydroxylation is 1. The molecule has 2 heterocycles.